The fourth-order valence-electron chi connectivity index (χ4n) is 1.27. The van der Waals surface area contributed by atoms with Crippen molar-refractivity contribution in [2.24, 2.45) is 0 Å². The molecule has 1 aromatic rings. The van der Waals surface area contributed by atoms with Crippen LogP contribution in [0.5, 0.6) is 0 Å². The van der Waals surface area contributed by atoms with Gasteiger partial charge in [-0.2, -0.15) is 0 Å². The zero-order valence-electron chi connectivity index (χ0n) is 11.2. The number of allylic oxidation sites excluding steroid dienone is 1. The van der Waals surface area contributed by atoms with E-state index in [1.54, 1.807) is 0 Å². The van der Waals surface area contributed by atoms with Crippen LogP contribution in [0.1, 0.15) is 39.2 Å². The smallest absolute Gasteiger partial charge is 0.129 e. The van der Waals surface area contributed by atoms with E-state index >= 15 is 0 Å². The van der Waals surface area contributed by atoms with Gasteiger partial charge in [0.1, 0.15) is 18.1 Å². The fraction of sp³-hybridized carbons (Fsp3) is 0.571. The first-order chi connectivity index (χ1) is 8.01. The Hall–Kier alpha value is -1.06. The Morgan fingerprint density at radius 3 is 2.65 bits per heavy atom. The molecule has 3 nitrogen and oxygen atoms in total. The van der Waals surface area contributed by atoms with Gasteiger partial charge in [0.25, 0.3) is 0 Å². The number of ether oxygens (including phenoxy) is 1. The molecule has 0 aliphatic rings. The molecule has 0 spiro atoms. The Morgan fingerprint density at radius 1 is 1.29 bits per heavy atom. The van der Waals surface area contributed by atoms with E-state index < -0.39 is 0 Å². The lowest BCUT2D eigenvalue weighted by Gasteiger charge is -2.19. The van der Waals surface area contributed by atoms with Gasteiger partial charge in [-0.25, -0.2) is 0 Å². The number of rotatable bonds is 6. The van der Waals surface area contributed by atoms with Gasteiger partial charge in [-0.3, -0.25) is 0 Å². The molecule has 0 aromatic carbocycles. The molecule has 1 heterocycles. The molecule has 0 saturated heterocycles. The topological polar surface area (TPSA) is 34.4 Å². The van der Waals surface area contributed by atoms with Crippen molar-refractivity contribution in [3.8, 4) is 0 Å². The summed E-state index contributed by atoms with van der Waals surface area (Å²) in [6, 6.07) is 3.96. The average Bonchev–Trinajstić information content (AvgIpc) is 2.69. The summed E-state index contributed by atoms with van der Waals surface area (Å²) in [6.45, 7) is 10.3. The summed E-state index contributed by atoms with van der Waals surface area (Å²) in [6.07, 6.45) is 3.95. The third kappa shape index (κ3) is 6.29. The van der Waals surface area contributed by atoms with E-state index in [9.17, 15) is 0 Å². The van der Waals surface area contributed by atoms with Crippen molar-refractivity contribution in [3.05, 3.63) is 35.8 Å². The highest BCUT2D eigenvalue weighted by molar-refractivity contribution is 5.06. The third-order valence-electron chi connectivity index (χ3n) is 2.20. The minimum atomic E-state index is 0.107. The van der Waals surface area contributed by atoms with Crippen LogP contribution >= 0.6 is 0 Å². The fourth-order valence-corrected chi connectivity index (χ4v) is 1.27. The lowest BCUT2D eigenvalue weighted by molar-refractivity contribution is 0.130. The van der Waals surface area contributed by atoms with Gasteiger partial charge in [0.2, 0.25) is 0 Å². The predicted molar refractivity (Wildman–Crippen MR) is 69.8 cm³/mol. The number of nitrogens with one attached hydrogen (secondary N) is 1. The maximum absolute atomic E-state index is 5.65. The first-order valence-corrected chi connectivity index (χ1v) is 6.03. The van der Waals surface area contributed by atoms with Crippen molar-refractivity contribution in [2.75, 3.05) is 6.61 Å². The van der Waals surface area contributed by atoms with Crippen molar-refractivity contribution < 1.29 is 9.15 Å². The van der Waals surface area contributed by atoms with Crippen LogP contribution in [0.3, 0.4) is 0 Å². The Morgan fingerprint density at radius 2 is 2.00 bits per heavy atom. The lowest BCUT2D eigenvalue weighted by Crippen LogP contribution is -2.34. The van der Waals surface area contributed by atoms with Crippen molar-refractivity contribution in [1.82, 2.24) is 5.32 Å². The highest BCUT2D eigenvalue weighted by Crippen LogP contribution is 2.10. The Bertz CT molecular complexity index is 347. The van der Waals surface area contributed by atoms with Gasteiger partial charge < -0.3 is 14.5 Å². The SMILES string of the molecule is C/C=C/COCc1ccc(CNC(C)(C)C)o1. The molecule has 1 rings (SSSR count). The summed E-state index contributed by atoms with van der Waals surface area (Å²) in [5, 5.41) is 3.38. The molecule has 17 heavy (non-hydrogen) atoms. The molecule has 0 amide bonds. The second-order valence-corrected chi connectivity index (χ2v) is 5.06. The normalized spacial score (nSPS) is 12.5. The van der Waals surface area contributed by atoms with E-state index in [1.807, 2.05) is 31.2 Å². The van der Waals surface area contributed by atoms with Crippen LogP contribution in [-0.2, 0) is 17.9 Å². The van der Waals surface area contributed by atoms with Crippen LogP contribution in [0.25, 0.3) is 0 Å². The van der Waals surface area contributed by atoms with Crippen LogP contribution < -0.4 is 5.32 Å². The molecule has 0 aliphatic carbocycles. The molecule has 0 fully saturated rings. The molecule has 0 radical (unpaired) electrons. The Balaban J connectivity index is 2.32. The van der Waals surface area contributed by atoms with E-state index in [1.165, 1.54) is 0 Å². The molecule has 96 valence electrons. The Kier molecular flexibility index (Phi) is 5.45. The zero-order valence-corrected chi connectivity index (χ0v) is 11.2. The van der Waals surface area contributed by atoms with E-state index in [0.717, 1.165) is 18.1 Å². The van der Waals surface area contributed by atoms with Gasteiger partial charge in [0, 0.05) is 5.54 Å². The van der Waals surface area contributed by atoms with Gasteiger partial charge in [-0.1, -0.05) is 12.2 Å². The summed E-state index contributed by atoms with van der Waals surface area (Å²) < 4.78 is 11.1. The van der Waals surface area contributed by atoms with Crippen LogP contribution in [0.4, 0.5) is 0 Å². The molecular weight excluding hydrogens is 214 g/mol. The van der Waals surface area contributed by atoms with Crippen LogP contribution in [0.2, 0.25) is 0 Å². The summed E-state index contributed by atoms with van der Waals surface area (Å²) in [7, 11) is 0. The molecule has 0 saturated carbocycles. The molecule has 1 N–H and O–H groups in total. The Labute approximate surface area is 104 Å². The third-order valence-corrected chi connectivity index (χ3v) is 2.20. The van der Waals surface area contributed by atoms with E-state index in [2.05, 4.69) is 26.1 Å². The highest BCUT2D eigenvalue weighted by atomic mass is 16.5. The number of furan rings is 1. The van der Waals surface area contributed by atoms with Crippen LogP contribution in [-0.4, -0.2) is 12.1 Å². The maximum Gasteiger partial charge on any atom is 0.129 e. The van der Waals surface area contributed by atoms with Crippen LogP contribution in [0, 0.1) is 0 Å². The monoisotopic (exact) mass is 237 g/mol. The van der Waals surface area contributed by atoms with Crippen molar-refractivity contribution >= 4 is 0 Å². The predicted octanol–water partition coefficient (Wildman–Crippen LogP) is 3.26. The van der Waals surface area contributed by atoms with Gasteiger partial charge in [0.05, 0.1) is 13.2 Å². The first kappa shape index (κ1) is 14.0. The minimum absolute atomic E-state index is 0.107. The van der Waals surface area contributed by atoms with Gasteiger partial charge in [-0.05, 0) is 39.8 Å². The lowest BCUT2D eigenvalue weighted by atomic mass is 10.1. The van der Waals surface area contributed by atoms with Crippen molar-refractivity contribution in [3.63, 3.8) is 0 Å². The van der Waals surface area contributed by atoms with E-state index in [4.69, 9.17) is 9.15 Å². The summed E-state index contributed by atoms with van der Waals surface area (Å²) in [5.41, 5.74) is 0.107. The van der Waals surface area contributed by atoms with Gasteiger partial charge in [0.15, 0.2) is 0 Å². The second-order valence-electron chi connectivity index (χ2n) is 5.06. The van der Waals surface area contributed by atoms with Crippen LogP contribution in [0.15, 0.2) is 28.7 Å². The minimum Gasteiger partial charge on any atom is -0.462 e. The summed E-state index contributed by atoms with van der Waals surface area (Å²) in [4.78, 5) is 0. The van der Waals surface area contributed by atoms with E-state index in [0.29, 0.717) is 13.2 Å². The number of hydrogen-bond acceptors (Lipinski definition) is 3. The van der Waals surface area contributed by atoms with E-state index in [-0.39, 0.29) is 5.54 Å². The molecule has 0 bridgehead atoms. The quantitative estimate of drug-likeness (QED) is 0.609. The highest BCUT2D eigenvalue weighted by Gasteiger charge is 2.10. The standard InChI is InChI=1S/C14H23NO2/c1-5-6-9-16-11-13-8-7-12(17-13)10-15-14(2,3)4/h5-8,15H,9-11H2,1-4H3/b6-5+. The first-order valence-electron chi connectivity index (χ1n) is 6.03. The van der Waals surface area contributed by atoms with Gasteiger partial charge in [-0.15, -0.1) is 0 Å². The summed E-state index contributed by atoms with van der Waals surface area (Å²) >= 11 is 0. The zero-order chi connectivity index (χ0) is 12.7. The molecule has 3 heteroatoms. The molecular formula is C14H23NO2. The number of hydrogen-bond donors (Lipinski definition) is 1. The molecule has 0 atom stereocenters. The maximum atomic E-state index is 5.65. The molecule has 1 aromatic heterocycles. The van der Waals surface area contributed by atoms with Gasteiger partial charge >= 0.3 is 0 Å². The second kappa shape index (κ2) is 6.62. The largest absolute Gasteiger partial charge is 0.462 e. The van der Waals surface area contributed by atoms with Crippen molar-refractivity contribution in [2.45, 2.75) is 46.4 Å². The molecule has 0 aliphatic heterocycles. The molecule has 0 unspecified atom stereocenters. The summed E-state index contributed by atoms with van der Waals surface area (Å²) in [5.74, 6) is 1.82. The average molecular weight is 237 g/mol. The van der Waals surface area contributed by atoms with Crippen molar-refractivity contribution in [1.29, 1.82) is 0 Å².